The molecular formula is C4H10N2O3S. The molecule has 0 spiro atoms. The predicted molar refractivity (Wildman–Crippen MR) is 35.4 cm³/mol. The lowest BCUT2D eigenvalue weighted by Crippen LogP contribution is -2.41. The summed E-state index contributed by atoms with van der Waals surface area (Å²) in [5, 5.41) is 4.68. The predicted octanol–water partition coefficient (Wildman–Crippen LogP) is -1.57. The minimum Gasteiger partial charge on any atom is -0.381 e. The van der Waals surface area contributed by atoms with E-state index < -0.39 is 10.2 Å². The van der Waals surface area contributed by atoms with Gasteiger partial charge in [-0.2, -0.15) is 8.42 Å². The monoisotopic (exact) mass is 166 g/mol. The molecule has 10 heavy (non-hydrogen) atoms. The molecule has 0 aromatic carbocycles. The van der Waals surface area contributed by atoms with Gasteiger partial charge in [0.2, 0.25) is 0 Å². The topological polar surface area (TPSA) is 81.4 Å². The van der Waals surface area contributed by atoms with Gasteiger partial charge in [-0.3, -0.25) is 0 Å². The Balaban J connectivity index is 2.16. The third-order valence-electron chi connectivity index (χ3n) is 1.28. The van der Waals surface area contributed by atoms with Crippen molar-refractivity contribution in [3.8, 4) is 0 Å². The molecule has 6 heteroatoms. The van der Waals surface area contributed by atoms with Gasteiger partial charge in [0.05, 0.1) is 13.2 Å². The number of rotatable bonds is 3. The number of hydrogen-bond acceptors (Lipinski definition) is 3. The smallest absolute Gasteiger partial charge is 0.274 e. The van der Waals surface area contributed by atoms with Crippen LogP contribution in [-0.4, -0.2) is 28.2 Å². The molecule has 60 valence electrons. The fraction of sp³-hybridized carbons (Fsp3) is 1.00. The molecule has 0 aromatic heterocycles. The maximum atomic E-state index is 10.3. The minimum atomic E-state index is -3.50. The number of hydrogen-bond donors (Lipinski definition) is 2. The van der Waals surface area contributed by atoms with Gasteiger partial charge in [-0.05, 0) is 0 Å². The van der Waals surface area contributed by atoms with E-state index in [0.717, 1.165) is 0 Å². The molecule has 1 aliphatic heterocycles. The Bertz CT molecular complexity index is 197. The molecule has 0 aliphatic carbocycles. The Kier molecular flexibility index (Phi) is 2.24. The fourth-order valence-corrected chi connectivity index (χ4v) is 1.10. The van der Waals surface area contributed by atoms with Gasteiger partial charge in [0.25, 0.3) is 10.2 Å². The van der Waals surface area contributed by atoms with Crippen LogP contribution in [0, 0.1) is 5.92 Å². The summed E-state index contributed by atoms with van der Waals surface area (Å²) in [5.74, 6) is 0.304. The fourth-order valence-electron chi connectivity index (χ4n) is 0.636. The van der Waals surface area contributed by atoms with Crippen molar-refractivity contribution in [2.45, 2.75) is 0 Å². The Morgan fingerprint density at radius 2 is 2.20 bits per heavy atom. The Hall–Kier alpha value is -0.170. The molecule has 0 unspecified atom stereocenters. The van der Waals surface area contributed by atoms with Gasteiger partial charge in [0.15, 0.2) is 0 Å². The highest BCUT2D eigenvalue weighted by Crippen LogP contribution is 2.07. The summed E-state index contributed by atoms with van der Waals surface area (Å²) in [6.45, 7) is 1.64. The van der Waals surface area contributed by atoms with Crippen LogP contribution in [0.15, 0.2) is 0 Å². The largest absolute Gasteiger partial charge is 0.381 e. The molecular weight excluding hydrogens is 156 g/mol. The van der Waals surface area contributed by atoms with Crippen molar-refractivity contribution in [3.05, 3.63) is 0 Å². The van der Waals surface area contributed by atoms with E-state index in [1.54, 1.807) is 0 Å². The van der Waals surface area contributed by atoms with Gasteiger partial charge < -0.3 is 4.74 Å². The van der Waals surface area contributed by atoms with Crippen LogP contribution < -0.4 is 9.86 Å². The highest BCUT2D eigenvalue weighted by atomic mass is 32.2. The van der Waals surface area contributed by atoms with Gasteiger partial charge in [-0.15, -0.1) is 0 Å². The van der Waals surface area contributed by atoms with Gasteiger partial charge in [-0.25, -0.2) is 9.86 Å². The second kappa shape index (κ2) is 2.83. The molecule has 0 saturated carbocycles. The first-order chi connectivity index (χ1) is 4.58. The van der Waals surface area contributed by atoms with Crippen molar-refractivity contribution in [2.75, 3.05) is 19.8 Å². The second-order valence-electron chi connectivity index (χ2n) is 2.30. The average molecular weight is 166 g/mol. The summed E-state index contributed by atoms with van der Waals surface area (Å²) in [7, 11) is -3.50. The third kappa shape index (κ3) is 2.61. The Labute approximate surface area is 59.7 Å². The van der Waals surface area contributed by atoms with E-state index in [2.05, 4.69) is 9.86 Å². The zero-order valence-corrected chi connectivity index (χ0v) is 6.23. The summed E-state index contributed by atoms with van der Waals surface area (Å²) in [6, 6.07) is 0. The third-order valence-corrected chi connectivity index (χ3v) is 1.85. The molecule has 1 rings (SSSR count). The van der Waals surface area contributed by atoms with Crippen LogP contribution in [0.25, 0.3) is 0 Å². The molecule has 0 bridgehead atoms. The van der Waals surface area contributed by atoms with Crippen molar-refractivity contribution in [3.63, 3.8) is 0 Å². The lowest BCUT2D eigenvalue weighted by Gasteiger charge is -2.25. The minimum absolute atomic E-state index is 0.304. The Morgan fingerprint density at radius 3 is 2.50 bits per heavy atom. The van der Waals surface area contributed by atoms with E-state index in [9.17, 15) is 8.42 Å². The highest BCUT2D eigenvalue weighted by molar-refractivity contribution is 7.87. The number of ether oxygens (including phenoxy) is 1. The number of nitrogens with one attached hydrogen (secondary N) is 1. The standard InChI is InChI=1S/C4H10N2O3S/c5-10(7,8)6-1-4-2-9-3-4/h4,6H,1-3H2,(H2,5,7,8). The van der Waals surface area contributed by atoms with E-state index in [1.807, 2.05) is 0 Å². The molecule has 0 radical (unpaired) electrons. The van der Waals surface area contributed by atoms with Crippen LogP contribution in [-0.2, 0) is 14.9 Å². The van der Waals surface area contributed by atoms with E-state index >= 15 is 0 Å². The lowest BCUT2D eigenvalue weighted by atomic mass is 10.1. The van der Waals surface area contributed by atoms with Crippen molar-refractivity contribution < 1.29 is 13.2 Å². The highest BCUT2D eigenvalue weighted by Gasteiger charge is 2.19. The summed E-state index contributed by atoms with van der Waals surface area (Å²) >= 11 is 0. The zero-order valence-electron chi connectivity index (χ0n) is 5.41. The quantitative estimate of drug-likeness (QED) is 0.531. The average Bonchev–Trinajstić information content (AvgIpc) is 1.56. The first kappa shape index (κ1) is 7.93. The molecule has 0 aromatic rings. The van der Waals surface area contributed by atoms with Crippen molar-refractivity contribution >= 4 is 10.2 Å². The van der Waals surface area contributed by atoms with Crippen LogP contribution in [0.2, 0.25) is 0 Å². The van der Waals surface area contributed by atoms with Crippen molar-refractivity contribution in [2.24, 2.45) is 11.1 Å². The SMILES string of the molecule is NS(=O)(=O)NCC1COC1. The Morgan fingerprint density at radius 1 is 1.60 bits per heavy atom. The molecule has 1 heterocycles. The van der Waals surface area contributed by atoms with Gasteiger partial charge >= 0.3 is 0 Å². The molecule has 1 aliphatic rings. The van der Waals surface area contributed by atoms with E-state index in [0.29, 0.717) is 25.7 Å². The summed E-state index contributed by atoms with van der Waals surface area (Å²) in [4.78, 5) is 0. The normalized spacial score (nSPS) is 20.5. The summed E-state index contributed by atoms with van der Waals surface area (Å²) in [6.07, 6.45) is 0. The van der Waals surface area contributed by atoms with Crippen LogP contribution in [0.4, 0.5) is 0 Å². The van der Waals surface area contributed by atoms with E-state index in [1.165, 1.54) is 0 Å². The number of nitrogens with two attached hydrogens (primary N) is 1. The summed E-state index contributed by atoms with van der Waals surface area (Å²) < 4.78 is 27.6. The maximum absolute atomic E-state index is 10.3. The molecule has 1 saturated heterocycles. The first-order valence-electron chi connectivity index (χ1n) is 2.93. The van der Waals surface area contributed by atoms with E-state index in [-0.39, 0.29) is 0 Å². The van der Waals surface area contributed by atoms with Crippen LogP contribution >= 0.6 is 0 Å². The molecule has 5 nitrogen and oxygen atoms in total. The van der Waals surface area contributed by atoms with Gasteiger partial charge in [0, 0.05) is 12.5 Å². The first-order valence-corrected chi connectivity index (χ1v) is 4.48. The van der Waals surface area contributed by atoms with Crippen LogP contribution in [0.3, 0.4) is 0 Å². The molecule has 3 N–H and O–H groups in total. The van der Waals surface area contributed by atoms with Gasteiger partial charge in [-0.1, -0.05) is 0 Å². The van der Waals surface area contributed by atoms with Gasteiger partial charge in [0.1, 0.15) is 0 Å². The molecule has 0 atom stereocenters. The molecule has 0 amide bonds. The van der Waals surface area contributed by atoms with Crippen molar-refractivity contribution in [1.29, 1.82) is 0 Å². The second-order valence-corrected chi connectivity index (χ2v) is 3.68. The van der Waals surface area contributed by atoms with E-state index in [4.69, 9.17) is 4.74 Å². The maximum Gasteiger partial charge on any atom is 0.274 e. The van der Waals surface area contributed by atoms with Crippen molar-refractivity contribution in [1.82, 2.24) is 4.72 Å². The van der Waals surface area contributed by atoms with Crippen LogP contribution in [0.5, 0.6) is 0 Å². The lowest BCUT2D eigenvalue weighted by molar-refractivity contribution is -0.0283. The zero-order chi connectivity index (χ0) is 7.61. The summed E-state index contributed by atoms with van der Waals surface area (Å²) in [5.41, 5.74) is 0. The molecule has 1 fully saturated rings. The van der Waals surface area contributed by atoms with Crippen LogP contribution in [0.1, 0.15) is 0 Å².